The Labute approximate surface area is 202 Å². The first-order chi connectivity index (χ1) is 18.4. The third-order valence-corrected chi connectivity index (χ3v) is 8.62. The van der Waals surface area contributed by atoms with E-state index in [9.17, 15) is 0 Å². The van der Waals surface area contributed by atoms with E-state index in [2.05, 4.69) is 56.4 Å². The summed E-state index contributed by atoms with van der Waals surface area (Å²) in [5.74, 6) is 2.72. The molecule has 170 valence electrons. The number of hydrogen-bond acceptors (Lipinski definition) is 4. The monoisotopic (exact) mass is 480 g/mol. The van der Waals surface area contributed by atoms with Gasteiger partial charge in [0.1, 0.15) is 21.7 Å². The van der Waals surface area contributed by atoms with Gasteiger partial charge in [0, 0.05) is 30.4 Å². The van der Waals surface area contributed by atoms with Gasteiger partial charge in [-0.15, -0.1) is 9.13 Å². The van der Waals surface area contributed by atoms with Gasteiger partial charge in [-0.1, -0.05) is 0 Å². The minimum atomic E-state index is -0.897. The maximum absolute atomic E-state index is 5.26. The average molecular weight is 480 g/mol. The Balaban J connectivity index is 1.54. The van der Waals surface area contributed by atoms with Gasteiger partial charge in [0.15, 0.2) is 11.3 Å². The predicted molar refractivity (Wildman–Crippen MR) is 126 cm³/mol. The van der Waals surface area contributed by atoms with Crippen molar-refractivity contribution in [1.82, 2.24) is 28.2 Å². The lowest BCUT2D eigenvalue weighted by Gasteiger charge is -2.37. The molecule has 0 saturated carbocycles. The number of fused-ring (bicyclic) bond motifs is 12. The number of aromatic nitrogens is 6. The lowest BCUT2D eigenvalue weighted by molar-refractivity contribution is -0.450. The van der Waals surface area contributed by atoms with Gasteiger partial charge in [-0.25, -0.2) is 14.6 Å². The van der Waals surface area contributed by atoms with Crippen LogP contribution in [0.3, 0.4) is 0 Å². The molecule has 0 bridgehead atoms. The molecule has 0 aliphatic carbocycles. The summed E-state index contributed by atoms with van der Waals surface area (Å²) in [5.41, 5.74) is 7.64. The Bertz CT molecular complexity index is 2690. The number of rotatable bonds is 0. The van der Waals surface area contributed by atoms with Gasteiger partial charge in [-0.3, -0.25) is 9.98 Å². The number of H-pyrrole nitrogens is 2. The second kappa shape index (κ2) is 4.53. The summed E-state index contributed by atoms with van der Waals surface area (Å²) in [5, 5.41) is 3.88. The molecule has 6 aliphatic rings. The van der Waals surface area contributed by atoms with Gasteiger partial charge in [0.05, 0.1) is 16.3 Å². The Hall–Kier alpha value is -5.52. The Morgan fingerprint density at radius 2 is 1.41 bits per heavy atom. The molecule has 6 aliphatic heterocycles. The molecule has 0 fully saturated rings. The second-order valence-corrected chi connectivity index (χ2v) is 10.1. The maximum atomic E-state index is 5.26. The largest absolute Gasteiger partial charge is 0.444 e. The first-order valence-electron chi connectivity index (χ1n) is 12.1. The quantitative estimate of drug-likeness (QED) is 0.172. The molecule has 4 N–H and O–H groups in total. The van der Waals surface area contributed by atoms with E-state index in [0.717, 1.165) is 88.9 Å². The predicted octanol–water partition coefficient (Wildman–Crippen LogP) is -3.50. The van der Waals surface area contributed by atoms with Gasteiger partial charge >= 0.3 is 5.91 Å². The zero-order valence-corrected chi connectivity index (χ0v) is 18.7. The van der Waals surface area contributed by atoms with Crippen molar-refractivity contribution in [3.63, 3.8) is 0 Å². The molecular formula is C25H12N12+2. The third kappa shape index (κ3) is 1.29. The standard InChI is InChI=1S/C25H10N12/c1-5-26-13-9(1)17-30-22-14-10(2-6-27-14)19-32-24-16-12(4-8-29-16)20-33-23-15-11(3-7-28-15)18-31-21(13)34(17)25(35(19)22,36(18)23)37(20)24/h1-8,26-27H/p+2/t25-/m0/s1. The molecule has 0 unspecified atom stereocenters. The highest BCUT2D eigenvalue weighted by Gasteiger charge is 2.64. The van der Waals surface area contributed by atoms with Crippen molar-refractivity contribution in [1.29, 1.82) is 0 Å². The Morgan fingerprint density at radius 3 is 2.32 bits per heavy atom. The average Bonchev–Trinajstić information content (AvgIpc) is 3.73. The summed E-state index contributed by atoms with van der Waals surface area (Å²) in [4.78, 5) is 34.5. The topological polar surface area (TPSA) is 129 Å². The first kappa shape index (κ1) is 16.2. The third-order valence-electron chi connectivity index (χ3n) is 8.62. The van der Waals surface area contributed by atoms with E-state index in [4.69, 9.17) is 20.0 Å². The van der Waals surface area contributed by atoms with Crippen molar-refractivity contribution in [2.45, 2.75) is 5.91 Å². The van der Waals surface area contributed by atoms with Crippen LogP contribution in [-0.2, 0) is 5.91 Å². The van der Waals surface area contributed by atoms with Gasteiger partial charge in [-0.05, 0) is 24.3 Å². The smallest absolute Gasteiger partial charge is 0.356 e. The molecule has 0 radical (unpaired) electrons. The Kier molecular flexibility index (Phi) is 1.98. The van der Waals surface area contributed by atoms with Crippen LogP contribution in [-0.4, -0.2) is 28.2 Å². The molecule has 0 aromatic carbocycles. The highest BCUT2D eigenvalue weighted by molar-refractivity contribution is 5.97. The highest BCUT2D eigenvalue weighted by Crippen LogP contribution is 2.45. The zero-order chi connectivity index (χ0) is 23.4. The van der Waals surface area contributed by atoms with E-state index in [-0.39, 0.29) is 0 Å². The fourth-order valence-corrected chi connectivity index (χ4v) is 7.36. The molecule has 1 spiro atoms. The maximum Gasteiger partial charge on any atom is 0.444 e. The molecule has 1 atom stereocenters. The number of nitrogens with one attached hydrogen (secondary N) is 4. The van der Waals surface area contributed by atoms with E-state index in [1.807, 2.05) is 30.9 Å². The molecule has 6 aromatic heterocycles. The minimum Gasteiger partial charge on any atom is -0.356 e. The molecule has 12 nitrogen and oxygen atoms in total. The fraction of sp³-hybridized carbons (Fsp3) is 0.0400. The summed E-state index contributed by atoms with van der Waals surface area (Å²) >= 11 is 0. The fourth-order valence-electron chi connectivity index (χ4n) is 7.36. The zero-order valence-electron chi connectivity index (χ0n) is 18.7. The number of aromatic amines is 2. The lowest BCUT2D eigenvalue weighted by atomic mass is 10.3. The van der Waals surface area contributed by atoms with Crippen molar-refractivity contribution in [2.24, 2.45) is 20.0 Å². The van der Waals surface area contributed by atoms with Crippen LogP contribution in [0.5, 0.6) is 0 Å². The lowest BCUT2D eigenvalue weighted by Crippen LogP contribution is -2.89. The van der Waals surface area contributed by atoms with Crippen LogP contribution >= 0.6 is 0 Å². The van der Waals surface area contributed by atoms with E-state index < -0.39 is 5.91 Å². The Morgan fingerprint density at radius 1 is 0.676 bits per heavy atom. The molecule has 0 amide bonds. The van der Waals surface area contributed by atoms with Crippen molar-refractivity contribution in [2.75, 3.05) is 0 Å². The summed E-state index contributed by atoms with van der Waals surface area (Å²) in [6, 6.07) is 4.22. The van der Waals surface area contributed by atoms with Gasteiger partial charge in [-0.2, -0.15) is 14.6 Å². The van der Waals surface area contributed by atoms with E-state index in [0.29, 0.717) is 0 Å². The SMILES string of the molecule is C1=Cc2c3n4c(c2=N1)=Nc1c2cc[nH]c2c2n1[C@@]41n4c(c5c(c4=N3)=NC=C5)[NH+]=c3c4[nH]ccc4c(n31)=[NH+]2. The van der Waals surface area contributed by atoms with Crippen LogP contribution in [0.25, 0.3) is 34.0 Å². The van der Waals surface area contributed by atoms with Crippen LogP contribution in [0.1, 0.15) is 11.1 Å². The summed E-state index contributed by atoms with van der Waals surface area (Å²) in [7, 11) is 0. The van der Waals surface area contributed by atoms with Gasteiger partial charge in [0.25, 0.3) is 11.3 Å². The number of nitrogens with zero attached hydrogens (tertiary/aromatic N) is 8. The molecule has 12 heteroatoms. The van der Waals surface area contributed by atoms with Gasteiger partial charge in [0.2, 0.25) is 22.6 Å². The van der Waals surface area contributed by atoms with Crippen LogP contribution in [0.15, 0.2) is 56.9 Å². The van der Waals surface area contributed by atoms with Crippen LogP contribution < -0.4 is 42.7 Å². The van der Waals surface area contributed by atoms with Crippen molar-refractivity contribution < 1.29 is 9.98 Å². The number of hydrogen-bond donors (Lipinski definition) is 4. The van der Waals surface area contributed by atoms with Crippen molar-refractivity contribution in [3.8, 4) is 0 Å². The second-order valence-electron chi connectivity index (χ2n) is 10.1. The molecule has 12 rings (SSSR count). The van der Waals surface area contributed by atoms with E-state index in [1.165, 1.54) is 0 Å². The minimum absolute atomic E-state index is 0.800. The van der Waals surface area contributed by atoms with Crippen LogP contribution in [0.4, 0.5) is 23.3 Å². The van der Waals surface area contributed by atoms with Crippen LogP contribution in [0.2, 0.25) is 0 Å². The van der Waals surface area contributed by atoms with E-state index in [1.54, 1.807) is 0 Å². The van der Waals surface area contributed by atoms with Crippen molar-refractivity contribution >= 4 is 57.2 Å². The molecular weight excluding hydrogens is 468 g/mol. The molecule has 6 aromatic rings. The summed E-state index contributed by atoms with van der Waals surface area (Å²) in [6.07, 6.45) is 11.8. The van der Waals surface area contributed by atoms with E-state index >= 15 is 0 Å². The van der Waals surface area contributed by atoms with Crippen LogP contribution in [0, 0.1) is 0 Å². The molecule has 12 heterocycles. The van der Waals surface area contributed by atoms with Crippen molar-refractivity contribution in [3.05, 3.63) is 80.7 Å². The molecule has 0 saturated heterocycles. The highest BCUT2D eigenvalue weighted by atomic mass is 15.7. The van der Waals surface area contributed by atoms with Gasteiger partial charge < -0.3 is 9.97 Å². The summed E-state index contributed by atoms with van der Waals surface area (Å²) < 4.78 is 9.19. The first-order valence-corrected chi connectivity index (χ1v) is 12.1. The summed E-state index contributed by atoms with van der Waals surface area (Å²) in [6.45, 7) is 0. The normalized spacial score (nSPS) is 20.5. The molecule has 37 heavy (non-hydrogen) atoms.